The lowest BCUT2D eigenvalue weighted by atomic mass is 10.1. The lowest BCUT2D eigenvalue weighted by Crippen LogP contribution is -2.50. The van der Waals surface area contributed by atoms with Gasteiger partial charge in [0.2, 0.25) is 22.9 Å². The molecule has 0 atom stereocenters. The zero-order valence-corrected chi connectivity index (χ0v) is 26.4. The van der Waals surface area contributed by atoms with Crippen molar-refractivity contribution in [1.29, 1.82) is 0 Å². The van der Waals surface area contributed by atoms with Crippen LogP contribution in [0.1, 0.15) is 54.5 Å². The number of benzene rings is 1. The molecular weight excluding hydrogens is 604 g/mol. The molecule has 13 heteroatoms. The fourth-order valence-electron chi connectivity index (χ4n) is 6.52. The molecule has 0 bridgehead atoms. The van der Waals surface area contributed by atoms with Gasteiger partial charge in [-0.25, -0.2) is 9.97 Å². The topological polar surface area (TPSA) is 156 Å². The summed E-state index contributed by atoms with van der Waals surface area (Å²) in [6.45, 7) is 8.82. The molecule has 1 saturated carbocycles. The molecule has 0 spiro atoms. The van der Waals surface area contributed by atoms with Gasteiger partial charge in [-0.05, 0) is 43.7 Å². The first-order valence-corrected chi connectivity index (χ1v) is 16.2. The number of carbonyl (C=O) groups excluding carboxylic acids is 2. The second kappa shape index (κ2) is 12.7. The van der Waals surface area contributed by atoms with Gasteiger partial charge >= 0.3 is 0 Å². The van der Waals surface area contributed by atoms with Gasteiger partial charge in [0.15, 0.2) is 17.5 Å². The molecule has 13 nitrogen and oxygen atoms in total. The summed E-state index contributed by atoms with van der Waals surface area (Å²) in [5.74, 6) is 0.176. The largest absolute Gasteiger partial charge is 0.507 e. The molecule has 2 N–H and O–H groups in total. The molecule has 3 aromatic heterocycles. The molecule has 1 saturated heterocycles. The molecule has 0 unspecified atom stereocenters. The maximum Gasteiger partial charge on any atom is 0.261 e. The molecule has 5 heterocycles. The van der Waals surface area contributed by atoms with Gasteiger partial charge in [-0.3, -0.25) is 14.4 Å². The second-order valence-corrected chi connectivity index (χ2v) is 12.3. The molecule has 1 aromatic carbocycles. The predicted octanol–water partition coefficient (Wildman–Crippen LogP) is 3.64. The van der Waals surface area contributed by atoms with Crippen LogP contribution in [0, 0.1) is 5.92 Å². The summed E-state index contributed by atoms with van der Waals surface area (Å²) < 4.78 is 18.9. The van der Waals surface area contributed by atoms with E-state index in [1.165, 1.54) is 30.9 Å². The molecule has 7 rings (SSSR count). The first-order valence-electron chi connectivity index (χ1n) is 16.2. The van der Waals surface area contributed by atoms with E-state index >= 15 is 0 Å². The number of carbonyl (C=O) groups is 2. The highest BCUT2D eigenvalue weighted by Crippen LogP contribution is 2.37. The number of hydrogen-bond acceptors (Lipinski definition) is 10. The Hall–Kier alpha value is -4.91. The van der Waals surface area contributed by atoms with Gasteiger partial charge in [0.05, 0.1) is 13.2 Å². The van der Waals surface area contributed by atoms with E-state index in [1.807, 2.05) is 17.9 Å². The number of aromatic hydroxyl groups is 1. The number of ether oxygens (including phenoxy) is 1. The second-order valence-electron chi connectivity index (χ2n) is 12.3. The monoisotopic (exact) mass is 642 g/mol. The number of amides is 2. The Kier molecular flexibility index (Phi) is 8.31. The van der Waals surface area contributed by atoms with E-state index in [9.17, 15) is 19.5 Å². The molecular formula is C34H38N6O7. The van der Waals surface area contributed by atoms with Crippen molar-refractivity contribution < 1.29 is 28.3 Å². The van der Waals surface area contributed by atoms with Crippen molar-refractivity contribution in [2.45, 2.75) is 45.6 Å². The van der Waals surface area contributed by atoms with Gasteiger partial charge in [0.1, 0.15) is 29.1 Å². The first-order chi connectivity index (χ1) is 22.8. The van der Waals surface area contributed by atoms with Crippen LogP contribution < -0.4 is 15.6 Å². The predicted molar refractivity (Wildman–Crippen MR) is 174 cm³/mol. The van der Waals surface area contributed by atoms with Crippen LogP contribution in [0.3, 0.4) is 0 Å². The summed E-state index contributed by atoms with van der Waals surface area (Å²) in [5, 5.41) is 13.5. The normalized spacial score (nSPS) is 16.9. The molecule has 2 fully saturated rings. The van der Waals surface area contributed by atoms with Crippen molar-refractivity contribution in [3.63, 3.8) is 0 Å². The Balaban J connectivity index is 1.18. The molecule has 246 valence electrons. The highest BCUT2D eigenvalue weighted by atomic mass is 16.5. The summed E-state index contributed by atoms with van der Waals surface area (Å²) in [6.07, 6.45) is 7.28. The maximum atomic E-state index is 14.2. The average molecular weight is 643 g/mol. The van der Waals surface area contributed by atoms with Crippen LogP contribution in [0.25, 0.3) is 27.9 Å². The van der Waals surface area contributed by atoms with Crippen molar-refractivity contribution in [1.82, 2.24) is 24.8 Å². The van der Waals surface area contributed by atoms with E-state index in [4.69, 9.17) is 13.6 Å². The van der Waals surface area contributed by atoms with Crippen LogP contribution in [0.15, 0.2) is 50.4 Å². The fraction of sp³-hybridized carbons (Fsp3) is 0.441. The Morgan fingerprint density at radius 2 is 1.98 bits per heavy atom. The summed E-state index contributed by atoms with van der Waals surface area (Å²) in [5.41, 5.74) is 4.06. The third-order valence-electron chi connectivity index (χ3n) is 9.26. The minimum atomic E-state index is -0.375. The van der Waals surface area contributed by atoms with Gasteiger partial charge in [0.25, 0.3) is 5.91 Å². The number of oxazole rings is 2. The summed E-state index contributed by atoms with van der Waals surface area (Å²) in [6, 6.07) is 3.02. The van der Waals surface area contributed by atoms with E-state index in [0.717, 1.165) is 12.0 Å². The van der Waals surface area contributed by atoms with E-state index < -0.39 is 0 Å². The Morgan fingerprint density at radius 3 is 2.70 bits per heavy atom. The average Bonchev–Trinajstić information content (AvgIpc) is 3.66. The van der Waals surface area contributed by atoms with E-state index in [-0.39, 0.29) is 51.9 Å². The highest BCUT2D eigenvalue weighted by Gasteiger charge is 2.32. The molecule has 4 aromatic rings. The summed E-state index contributed by atoms with van der Waals surface area (Å²) in [7, 11) is 0. The minimum absolute atomic E-state index is 0.0431. The Bertz CT molecular complexity index is 1960. The van der Waals surface area contributed by atoms with Crippen molar-refractivity contribution in [2.75, 3.05) is 50.8 Å². The van der Waals surface area contributed by atoms with Crippen molar-refractivity contribution in [2.24, 2.45) is 5.92 Å². The third kappa shape index (κ3) is 5.91. The molecule has 2 aliphatic heterocycles. The Morgan fingerprint density at radius 1 is 1.17 bits per heavy atom. The van der Waals surface area contributed by atoms with Crippen LogP contribution in [0.5, 0.6) is 5.75 Å². The standard InChI is InChI=1S/C34H38N6O7/c1-3-24-29(38-12-14-39(15-13-38)33(44)27-25(41)7-6-23-31(27)46-19-36-23)30(43)28-34(47-32(37-28)22-9-16-45-17-10-22)40(24)18-26(42)35-11-8-20(2)21-4-5-21/h6-7,9,19,21,41H,2-5,8,10-18H2,1H3,(H,35,42). The van der Waals surface area contributed by atoms with Crippen LogP contribution >= 0.6 is 0 Å². The highest BCUT2D eigenvalue weighted by molar-refractivity contribution is 6.06. The third-order valence-corrected chi connectivity index (χ3v) is 9.26. The maximum absolute atomic E-state index is 14.2. The number of nitrogens with one attached hydrogen (secondary N) is 1. The van der Waals surface area contributed by atoms with Crippen molar-refractivity contribution in [3.8, 4) is 5.75 Å². The number of piperazine rings is 1. The summed E-state index contributed by atoms with van der Waals surface area (Å²) >= 11 is 0. The smallest absolute Gasteiger partial charge is 0.261 e. The number of rotatable bonds is 10. The van der Waals surface area contributed by atoms with Gasteiger partial charge in [-0.15, -0.1) is 0 Å². The molecule has 47 heavy (non-hydrogen) atoms. The molecule has 2 amide bonds. The zero-order valence-electron chi connectivity index (χ0n) is 26.4. The van der Waals surface area contributed by atoms with E-state index in [1.54, 1.807) is 15.5 Å². The number of nitrogens with zero attached hydrogens (tertiary/aromatic N) is 5. The minimum Gasteiger partial charge on any atom is -0.507 e. The molecule has 1 aliphatic carbocycles. The van der Waals surface area contributed by atoms with Crippen LogP contribution in [-0.2, 0) is 22.5 Å². The summed E-state index contributed by atoms with van der Waals surface area (Å²) in [4.78, 5) is 53.4. The number of phenols is 1. The number of pyridine rings is 1. The number of anilines is 1. The molecule has 3 aliphatic rings. The fourth-order valence-corrected chi connectivity index (χ4v) is 6.52. The van der Waals surface area contributed by atoms with Gasteiger partial charge in [-0.1, -0.05) is 25.2 Å². The number of phenolic OH excluding ortho intramolecular Hbond substituents is 1. The van der Waals surface area contributed by atoms with Crippen LogP contribution in [0.2, 0.25) is 0 Å². The molecule has 0 radical (unpaired) electrons. The quantitative estimate of drug-likeness (QED) is 0.245. The lowest BCUT2D eigenvalue weighted by Gasteiger charge is -2.37. The van der Waals surface area contributed by atoms with Gasteiger partial charge < -0.3 is 38.4 Å². The Labute approximate surface area is 270 Å². The van der Waals surface area contributed by atoms with Crippen molar-refractivity contribution >= 4 is 45.4 Å². The SMILES string of the molecule is C=C(CCNC(=O)Cn1c(CC)c(N2CCN(C(=O)c3c(O)ccc4ncoc34)CC2)c(=O)c2nc(C3=CCOCC3)oc21)C1CC1. The van der Waals surface area contributed by atoms with E-state index in [2.05, 4.69) is 21.9 Å². The number of hydrogen-bond donors (Lipinski definition) is 2. The first kappa shape index (κ1) is 30.7. The van der Waals surface area contributed by atoms with E-state index in [0.29, 0.717) is 87.5 Å². The van der Waals surface area contributed by atoms with Gasteiger partial charge in [-0.2, -0.15) is 0 Å². The van der Waals surface area contributed by atoms with Crippen LogP contribution in [-0.4, -0.2) is 82.3 Å². The van der Waals surface area contributed by atoms with Crippen LogP contribution in [0.4, 0.5) is 5.69 Å². The zero-order chi connectivity index (χ0) is 32.7. The number of aromatic nitrogens is 3. The van der Waals surface area contributed by atoms with Gasteiger partial charge in [0, 0.05) is 50.4 Å². The van der Waals surface area contributed by atoms with Crippen molar-refractivity contribution in [3.05, 3.63) is 64.1 Å². The number of fused-ring (bicyclic) bond motifs is 2. The lowest BCUT2D eigenvalue weighted by molar-refractivity contribution is -0.121.